The Morgan fingerprint density at radius 3 is 2.75 bits per heavy atom. The maximum absolute atomic E-state index is 13.7. The average Bonchev–Trinajstić information content (AvgIpc) is 2.67. The number of hydrogen-bond donors (Lipinski definition) is 2. The van der Waals surface area contributed by atoms with Gasteiger partial charge in [-0.3, -0.25) is 4.79 Å². The normalized spacial score (nSPS) is 12.2. The van der Waals surface area contributed by atoms with Gasteiger partial charge in [0.15, 0.2) is 0 Å². The number of ether oxygens (including phenoxy) is 1. The minimum Gasteiger partial charge on any atom is -0.465 e. The summed E-state index contributed by atoms with van der Waals surface area (Å²) in [5.41, 5.74) is 0.858. The highest BCUT2D eigenvalue weighted by Crippen LogP contribution is 2.28. The summed E-state index contributed by atoms with van der Waals surface area (Å²) in [5.74, 6) is -0.726. The highest BCUT2D eigenvalue weighted by Gasteiger charge is 2.14. The molecular weight excluding hydrogens is 408 g/mol. The molecule has 0 aliphatic heterocycles. The van der Waals surface area contributed by atoms with E-state index in [-0.39, 0.29) is 23.2 Å². The number of carbonyl (C=O) groups excluding carboxylic acids is 1. The molecule has 6 nitrogen and oxygen atoms in total. The number of esters is 1. The highest BCUT2D eigenvalue weighted by molar-refractivity contribution is 6.35. The lowest BCUT2D eigenvalue weighted by atomic mass is 10.1. The van der Waals surface area contributed by atoms with Crippen LogP contribution in [-0.4, -0.2) is 23.0 Å². The number of H-pyrrole nitrogens is 1. The molecule has 0 amide bonds. The Bertz CT molecular complexity index is 1120. The zero-order valence-electron chi connectivity index (χ0n) is 15.0. The lowest BCUT2D eigenvalue weighted by Crippen LogP contribution is -2.22. The van der Waals surface area contributed by atoms with Crippen LogP contribution in [0.3, 0.4) is 0 Å². The van der Waals surface area contributed by atoms with Gasteiger partial charge in [-0.2, -0.15) is 0 Å². The van der Waals surface area contributed by atoms with Crippen molar-refractivity contribution >= 4 is 40.1 Å². The predicted molar refractivity (Wildman–Crippen MR) is 105 cm³/mol. The van der Waals surface area contributed by atoms with E-state index in [4.69, 9.17) is 23.2 Å². The number of nitrogens with zero attached hydrogens (tertiary/aromatic N) is 1. The van der Waals surface area contributed by atoms with Crippen LogP contribution in [0, 0.1) is 5.82 Å². The van der Waals surface area contributed by atoms with E-state index < -0.39 is 11.8 Å². The number of carbonyl (C=O) groups is 1. The molecule has 1 heterocycles. The first kappa shape index (κ1) is 20.3. The Kier molecular flexibility index (Phi) is 5.98. The van der Waals surface area contributed by atoms with Crippen LogP contribution >= 0.6 is 23.2 Å². The molecule has 3 rings (SSSR count). The van der Waals surface area contributed by atoms with Crippen LogP contribution in [0.15, 0.2) is 35.1 Å². The van der Waals surface area contributed by atoms with E-state index in [9.17, 15) is 14.0 Å². The molecule has 146 valence electrons. The molecule has 1 aromatic heterocycles. The Balaban J connectivity index is 1.85. The first-order valence-electron chi connectivity index (χ1n) is 8.29. The fraction of sp³-hybridized carbons (Fsp3) is 0.211. The highest BCUT2D eigenvalue weighted by atomic mass is 35.5. The van der Waals surface area contributed by atoms with Crippen LogP contribution in [-0.2, 0) is 11.3 Å². The lowest BCUT2D eigenvalue weighted by Gasteiger charge is -2.16. The van der Waals surface area contributed by atoms with Crippen LogP contribution in [0.4, 0.5) is 4.39 Å². The summed E-state index contributed by atoms with van der Waals surface area (Å²) in [6.45, 7) is 1.98. The van der Waals surface area contributed by atoms with E-state index in [0.717, 1.165) is 0 Å². The van der Waals surface area contributed by atoms with Crippen molar-refractivity contribution in [1.29, 1.82) is 0 Å². The van der Waals surface area contributed by atoms with Gasteiger partial charge in [0.2, 0.25) is 0 Å². The molecule has 0 saturated carbocycles. The quantitative estimate of drug-likeness (QED) is 0.478. The molecule has 28 heavy (non-hydrogen) atoms. The van der Waals surface area contributed by atoms with Crippen LogP contribution in [0.2, 0.25) is 10.0 Å². The number of aromatic amines is 1. The van der Waals surface area contributed by atoms with Crippen molar-refractivity contribution in [2.24, 2.45) is 0 Å². The molecule has 0 bridgehead atoms. The van der Waals surface area contributed by atoms with Crippen LogP contribution in [0.25, 0.3) is 10.9 Å². The van der Waals surface area contributed by atoms with Crippen molar-refractivity contribution in [3.63, 3.8) is 0 Å². The smallest absolute Gasteiger partial charge is 0.337 e. The van der Waals surface area contributed by atoms with Gasteiger partial charge in [-0.1, -0.05) is 23.2 Å². The van der Waals surface area contributed by atoms with Crippen molar-refractivity contribution < 1.29 is 13.9 Å². The van der Waals surface area contributed by atoms with Gasteiger partial charge in [0.05, 0.1) is 35.1 Å². The molecule has 1 atom stereocenters. The second-order valence-electron chi connectivity index (χ2n) is 6.13. The molecule has 9 heteroatoms. The maximum Gasteiger partial charge on any atom is 0.337 e. The average molecular weight is 424 g/mol. The number of aromatic nitrogens is 2. The van der Waals surface area contributed by atoms with Gasteiger partial charge in [-0.15, -0.1) is 0 Å². The minimum absolute atomic E-state index is 0.0529. The first-order chi connectivity index (χ1) is 13.3. The molecule has 2 N–H and O–H groups in total. The minimum atomic E-state index is -0.567. The number of benzene rings is 2. The first-order valence-corrected chi connectivity index (χ1v) is 9.05. The van der Waals surface area contributed by atoms with Gasteiger partial charge in [0.25, 0.3) is 5.56 Å². The largest absolute Gasteiger partial charge is 0.465 e. The molecular formula is C19H16Cl2FN3O3. The third kappa shape index (κ3) is 4.16. The fourth-order valence-corrected chi connectivity index (χ4v) is 3.29. The van der Waals surface area contributed by atoms with Gasteiger partial charge in [0.1, 0.15) is 11.6 Å². The van der Waals surface area contributed by atoms with Crippen LogP contribution in [0.1, 0.15) is 34.7 Å². The molecule has 0 radical (unpaired) electrons. The second kappa shape index (κ2) is 8.26. The van der Waals surface area contributed by atoms with Gasteiger partial charge < -0.3 is 15.0 Å². The zero-order valence-corrected chi connectivity index (χ0v) is 16.5. The molecule has 0 saturated heterocycles. The summed E-state index contributed by atoms with van der Waals surface area (Å²) in [6.07, 6.45) is 0. The number of nitrogens with one attached hydrogen (secondary N) is 2. The summed E-state index contributed by atoms with van der Waals surface area (Å²) < 4.78 is 18.4. The Labute approximate surface area is 169 Å². The van der Waals surface area contributed by atoms with Gasteiger partial charge in [0, 0.05) is 11.1 Å². The van der Waals surface area contributed by atoms with Gasteiger partial charge in [-0.25, -0.2) is 14.2 Å². The van der Waals surface area contributed by atoms with Crippen molar-refractivity contribution in [1.82, 2.24) is 15.3 Å². The number of rotatable bonds is 5. The second-order valence-corrected chi connectivity index (χ2v) is 6.94. The van der Waals surface area contributed by atoms with Crippen molar-refractivity contribution in [3.8, 4) is 0 Å². The predicted octanol–water partition coefficient (Wildman–Crippen LogP) is 4.01. The lowest BCUT2D eigenvalue weighted by molar-refractivity contribution is 0.0601. The molecule has 0 spiro atoms. The summed E-state index contributed by atoms with van der Waals surface area (Å²) >= 11 is 11.9. The van der Waals surface area contributed by atoms with Gasteiger partial charge >= 0.3 is 5.97 Å². The number of fused-ring (bicyclic) bond motifs is 1. The van der Waals surface area contributed by atoms with E-state index in [1.807, 2.05) is 0 Å². The number of methoxy groups -OCH3 is 1. The summed E-state index contributed by atoms with van der Waals surface area (Å²) in [7, 11) is 1.28. The van der Waals surface area contributed by atoms with Crippen LogP contribution in [0.5, 0.6) is 0 Å². The third-order valence-corrected chi connectivity index (χ3v) is 4.88. The summed E-state index contributed by atoms with van der Waals surface area (Å²) in [4.78, 5) is 31.0. The third-order valence-electron chi connectivity index (χ3n) is 4.26. The molecule has 2 aromatic carbocycles. The van der Waals surface area contributed by atoms with Crippen LogP contribution < -0.4 is 10.9 Å². The maximum atomic E-state index is 13.7. The topological polar surface area (TPSA) is 84.1 Å². The molecule has 0 aliphatic rings. The SMILES string of the molecule is COC(=O)c1ccc2c(=O)[nH]c(CN[C@H](C)c3cc(F)c(Cl)cc3Cl)nc2c1. The van der Waals surface area contributed by atoms with E-state index in [1.54, 1.807) is 6.92 Å². The Hall–Kier alpha value is -2.48. The molecule has 3 aromatic rings. The monoisotopic (exact) mass is 423 g/mol. The number of hydrogen-bond acceptors (Lipinski definition) is 5. The van der Waals surface area contributed by atoms with Crippen molar-refractivity contribution in [2.75, 3.05) is 7.11 Å². The van der Waals surface area contributed by atoms with E-state index >= 15 is 0 Å². The molecule has 0 aliphatic carbocycles. The van der Waals surface area contributed by atoms with E-state index in [1.165, 1.54) is 37.4 Å². The van der Waals surface area contributed by atoms with Crippen molar-refractivity contribution in [3.05, 3.63) is 73.5 Å². The zero-order chi connectivity index (χ0) is 20.4. The van der Waals surface area contributed by atoms with Crippen molar-refractivity contribution in [2.45, 2.75) is 19.5 Å². The number of halogens is 3. The Morgan fingerprint density at radius 1 is 1.29 bits per heavy atom. The Morgan fingerprint density at radius 2 is 2.04 bits per heavy atom. The summed E-state index contributed by atoms with van der Waals surface area (Å²) in [6, 6.07) is 6.79. The molecule has 0 unspecified atom stereocenters. The summed E-state index contributed by atoms with van der Waals surface area (Å²) in [5, 5.41) is 3.75. The molecule has 0 fully saturated rings. The fourth-order valence-electron chi connectivity index (χ4n) is 2.75. The van der Waals surface area contributed by atoms with E-state index in [2.05, 4.69) is 20.0 Å². The van der Waals surface area contributed by atoms with E-state index in [0.29, 0.717) is 32.9 Å². The van der Waals surface area contributed by atoms with Gasteiger partial charge in [-0.05, 0) is 42.8 Å². The standard InChI is InChI=1S/C19H16Cl2FN3O3/c1-9(12-6-15(22)14(21)7-13(12)20)23-8-17-24-16-5-10(19(27)28-2)3-4-11(16)18(26)25-17/h3-7,9,23H,8H2,1-2H3,(H,24,25,26)/t9-/m1/s1.